The molecule has 0 bridgehead atoms. The highest BCUT2D eigenvalue weighted by Crippen LogP contribution is 2.36. The second-order valence-electron chi connectivity index (χ2n) is 4.72. The second-order valence-corrected chi connectivity index (χ2v) is 6.06. The first-order valence-corrected chi connectivity index (χ1v) is 7.81. The minimum atomic E-state index is 0.693. The molecule has 1 aliphatic rings. The largest absolute Gasteiger partial charge is 0.380 e. The van der Waals surface area contributed by atoms with E-state index in [1.54, 1.807) is 0 Å². The van der Waals surface area contributed by atoms with Crippen molar-refractivity contribution in [1.82, 2.24) is 5.32 Å². The zero-order valence-corrected chi connectivity index (χ0v) is 12.0. The van der Waals surface area contributed by atoms with Gasteiger partial charge in [-0.1, -0.05) is 31.5 Å². The third-order valence-electron chi connectivity index (χ3n) is 3.15. The highest BCUT2D eigenvalue weighted by atomic mass is 32.2. The van der Waals surface area contributed by atoms with Crippen molar-refractivity contribution in [3.8, 4) is 0 Å². The predicted molar refractivity (Wildman–Crippen MR) is 78.4 cm³/mol. The van der Waals surface area contributed by atoms with Gasteiger partial charge >= 0.3 is 0 Å². The molecule has 0 saturated heterocycles. The van der Waals surface area contributed by atoms with Crippen molar-refractivity contribution in [2.75, 3.05) is 26.3 Å². The summed E-state index contributed by atoms with van der Waals surface area (Å²) in [6.45, 7) is 5.98. The van der Waals surface area contributed by atoms with Crippen molar-refractivity contribution in [3.63, 3.8) is 0 Å². The molecule has 1 heterocycles. The molecule has 0 aliphatic carbocycles. The number of thioether (sulfide) groups is 1. The van der Waals surface area contributed by atoms with E-state index in [0.717, 1.165) is 26.3 Å². The second kappa shape index (κ2) is 7.82. The minimum absolute atomic E-state index is 0.693. The molecule has 0 saturated carbocycles. The first-order chi connectivity index (χ1) is 8.90. The number of ether oxygens (including phenoxy) is 1. The highest BCUT2D eigenvalue weighted by molar-refractivity contribution is 8.00. The van der Waals surface area contributed by atoms with E-state index in [1.165, 1.54) is 29.7 Å². The van der Waals surface area contributed by atoms with Gasteiger partial charge in [0.25, 0.3) is 0 Å². The van der Waals surface area contributed by atoms with Crippen LogP contribution in [0, 0.1) is 0 Å². The third-order valence-corrected chi connectivity index (χ3v) is 4.47. The molecule has 1 aromatic rings. The zero-order chi connectivity index (χ0) is 12.6. The molecule has 0 spiro atoms. The van der Waals surface area contributed by atoms with Crippen molar-refractivity contribution >= 4 is 11.8 Å². The molecule has 2 rings (SSSR count). The standard InChI is InChI=1S/C15H23NOS/c1-2-3-9-17-10-8-16-12-14-11-13-6-4-5-7-15(13)18-14/h4-7,14,16H,2-3,8-12H2,1H3. The summed E-state index contributed by atoms with van der Waals surface area (Å²) in [6.07, 6.45) is 3.59. The monoisotopic (exact) mass is 265 g/mol. The zero-order valence-electron chi connectivity index (χ0n) is 11.2. The number of benzene rings is 1. The molecule has 0 radical (unpaired) electrons. The fourth-order valence-electron chi connectivity index (χ4n) is 2.12. The van der Waals surface area contributed by atoms with Gasteiger partial charge in [0.2, 0.25) is 0 Å². The van der Waals surface area contributed by atoms with Crippen molar-refractivity contribution in [2.24, 2.45) is 0 Å². The van der Waals surface area contributed by atoms with Crippen LogP contribution in [0.15, 0.2) is 29.2 Å². The van der Waals surface area contributed by atoms with Gasteiger partial charge in [-0.25, -0.2) is 0 Å². The van der Waals surface area contributed by atoms with Crippen LogP contribution < -0.4 is 5.32 Å². The van der Waals surface area contributed by atoms with Crippen LogP contribution in [-0.4, -0.2) is 31.6 Å². The molecule has 1 N–H and O–H groups in total. The van der Waals surface area contributed by atoms with Crippen LogP contribution in [0.4, 0.5) is 0 Å². The fourth-order valence-corrected chi connectivity index (χ4v) is 3.41. The normalized spacial score (nSPS) is 17.9. The van der Waals surface area contributed by atoms with Crippen molar-refractivity contribution in [1.29, 1.82) is 0 Å². The Hall–Kier alpha value is -0.510. The lowest BCUT2D eigenvalue weighted by atomic mass is 10.1. The molecule has 2 nitrogen and oxygen atoms in total. The van der Waals surface area contributed by atoms with Crippen LogP contribution >= 0.6 is 11.8 Å². The minimum Gasteiger partial charge on any atom is -0.380 e. The molecule has 18 heavy (non-hydrogen) atoms. The molecule has 1 atom stereocenters. The Morgan fingerprint density at radius 2 is 2.22 bits per heavy atom. The number of unbranched alkanes of at least 4 members (excludes halogenated alkanes) is 1. The van der Waals surface area contributed by atoms with E-state index in [-0.39, 0.29) is 0 Å². The Balaban J connectivity index is 1.54. The molecular formula is C15H23NOS. The van der Waals surface area contributed by atoms with Gasteiger partial charge in [-0.05, 0) is 24.5 Å². The quantitative estimate of drug-likeness (QED) is 0.730. The molecule has 1 aromatic carbocycles. The lowest BCUT2D eigenvalue weighted by Crippen LogP contribution is -2.27. The van der Waals surface area contributed by atoms with Gasteiger partial charge in [0.15, 0.2) is 0 Å². The predicted octanol–water partition coefficient (Wildman–Crippen LogP) is 3.11. The van der Waals surface area contributed by atoms with E-state index in [0.29, 0.717) is 5.25 Å². The first kappa shape index (κ1) is 13.9. The fraction of sp³-hybridized carbons (Fsp3) is 0.600. The third kappa shape index (κ3) is 4.30. The topological polar surface area (TPSA) is 21.3 Å². The lowest BCUT2D eigenvalue weighted by Gasteiger charge is -2.10. The SMILES string of the molecule is CCCCOCCNCC1Cc2ccccc2S1. The summed E-state index contributed by atoms with van der Waals surface area (Å²) in [5.74, 6) is 0. The Labute approximate surface area is 114 Å². The number of hydrogen-bond acceptors (Lipinski definition) is 3. The van der Waals surface area contributed by atoms with E-state index in [2.05, 4.69) is 36.5 Å². The van der Waals surface area contributed by atoms with Gasteiger partial charge in [0, 0.05) is 29.8 Å². The summed E-state index contributed by atoms with van der Waals surface area (Å²) in [6, 6.07) is 8.74. The van der Waals surface area contributed by atoms with E-state index < -0.39 is 0 Å². The first-order valence-electron chi connectivity index (χ1n) is 6.93. The molecule has 100 valence electrons. The van der Waals surface area contributed by atoms with E-state index in [1.807, 2.05) is 11.8 Å². The van der Waals surface area contributed by atoms with Gasteiger partial charge in [-0.15, -0.1) is 11.8 Å². The Morgan fingerprint density at radius 3 is 3.06 bits per heavy atom. The maximum atomic E-state index is 5.53. The van der Waals surface area contributed by atoms with E-state index in [9.17, 15) is 0 Å². The number of hydrogen-bond donors (Lipinski definition) is 1. The summed E-state index contributed by atoms with van der Waals surface area (Å²) in [5, 5.41) is 4.19. The molecule has 0 fully saturated rings. The Morgan fingerprint density at radius 1 is 1.33 bits per heavy atom. The van der Waals surface area contributed by atoms with Gasteiger partial charge < -0.3 is 10.1 Å². The summed E-state index contributed by atoms with van der Waals surface area (Å²) in [4.78, 5) is 1.46. The van der Waals surface area contributed by atoms with Crippen LogP contribution in [0.1, 0.15) is 25.3 Å². The molecule has 1 aliphatic heterocycles. The Bertz CT molecular complexity index is 331. The lowest BCUT2D eigenvalue weighted by molar-refractivity contribution is 0.133. The molecule has 0 aromatic heterocycles. The molecule has 3 heteroatoms. The van der Waals surface area contributed by atoms with Crippen LogP contribution in [0.3, 0.4) is 0 Å². The maximum absolute atomic E-state index is 5.53. The van der Waals surface area contributed by atoms with Gasteiger partial charge in [0.1, 0.15) is 0 Å². The highest BCUT2D eigenvalue weighted by Gasteiger charge is 2.20. The van der Waals surface area contributed by atoms with Crippen molar-refractivity contribution < 1.29 is 4.74 Å². The van der Waals surface area contributed by atoms with E-state index >= 15 is 0 Å². The summed E-state index contributed by atoms with van der Waals surface area (Å²) >= 11 is 2.00. The average molecular weight is 265 g/mol. The maximum Gasteiger partial charge on any atom is 0.0590 e. The summed E-state index contributed by atoms with van der Waals surface area (Å²) < 4.78 is 5.53. The van der Waals surface area contributed by atoms with Gasteiger partial charge in [-0.3, -0.25) is 0 Å². The smallest absolute Gasteiger partial charge is 0.0590 e. The van der Waals surface area contributed by atoms with Crippen molar-refractivity contribution in [2.45, 2.75) is 36.3 Å². The van der Waals surface area contributed by atoms with Crippen LogP contribution in [0.2, 0.25) is 0 Å². The Kier molecular flexibility index (Phi) is 6.05. The summed E-state index contributed by atoms with van der Waals surface area (Å²) in [7, 11) is 0. The van der Waals surface area contributed by atoms with Crippen LogP contribution in [0.5, 0.6) is 0 Å². The van der Waals surface area contributed by atoms with Crippen LogP contribution in [-0.2, 0) is 11.2 Å². The number of rotatable bonds is 8. The number of nitrogens with one attached hydrogen (secondary N) is 1. The summed E-state index contributed by atoms with van der Waals surface area (Å²) in [5.41, 5.74) is 1.51. The molecular weight excluding hydrogens is 242 g/mol. The van der Waals surface area contributed by atoms with Gasteiger partial charge in [0.05, 0.1) is 6.61 Å². The van der Waals surface area contributed by atoms with Crippen molar-refractivity contribution in [3.05, 3.63) is 29.8 Å². The van der Waals surface area contributed by atoms with Crippen LogP contribution in [0.25, 0.3) is 0 Å². The van der Waals surface area contributed by atoms with Gasteiger partial charge in [-0.2, -0.15) is 0 Å². The molecule has 0 amide bonds. The van der Waals surface area contributed by atoms with E-state index in [4.69, 9.17) is 4.74 Å². The average Bonchev–Trinajstić information content (AvgIpc) is 2.80. The molecule has 1 unspecified atom stereocenters. The number of fused-ring (bicyclic) bond motifs is 1.